The van der Waals surface area contributed by atoms with Crippen molar-refractivity contribution in [1.29, 1.82) is 0 Å². The number of benzene rings is 3. The van der Waals surface area contributed by atoms with Crippen LogP contribution in [-0.2, 0) is 0 Å². The summed E-state index contributed by atoms with van der Waals surface area (Å²) in [5.74, 6) is 1.01. The third-order valence-corrected chi connectivity index (χ3v) is 3.66. The zero-order valence-electron chi connectivity index (χ0n) is 13.1. The molecule has 0 unspecified atom stereocenters. The molecular weight excluding hydrogens is 338 g/mol. The molecule has 0 aromatic heterocycles. The molecule has 0 fully saturated rings. The van der Waals surface area contributed by atoms with Crippen molar-refractivity contribution in [3.8, 4) is 11.5 Å². The molecule has 1 N–H and O–H groups in total. The van der Waals surface area contributed by atoms with Gasteiger partial charge in [0, 0.05) is 5.02 Å². The maximum absolute atomic E-state index is 11.0. The van der Waals surface area contributed by atoms with Crippen LogP contribution in [0.25, 0.3) is 0 Å². The molecule has 3 aromatic carbocycles. The van der Waals surface area contributed by atoms with Gasteiger partial charge in [0.15, 0.2) is 0 Å². The Balaban J connectivity index is 0.000000146. The Kier molecular flexibility index (Phi) is 5.11. The van der Waals surface area contributed by atoms with Crippen LogP contribution in [0.1, 0.15) is 20.7 Å². The fourth-order valence-electron chi connectivity index (χ4n) is 2.25. The number of carbonyl (C=O) groups excluding carboxylic acids is 2. The van der Waals surface area contributed by atoms with E-state index >= 15 is 0 Å². The molecule has 0 bridgehead atoms. The largest absolute Gasteiger partial charge is 0.457 e. The van der Waals surface area contributed by atoms with E-state index in [9.17, 15) is 9.59 Å². The van der Waals surface area contributed by atoms with Gasteiger partial charge in [-0.25, -0.2) is 0 Å². The first-order valence-corrected chi connectivity index (χ1v) is 7.94. The van der Waals surface area contributed by atoms with Crippen molar-refractivity contribution >= 4 is 23.4 Å². The number of ether oxygens (including phenoxy) is 1. The molecule has 4 nitrogen and oxygen atoms in total. The number of fused-ring (bicyclic) bond motifs is 1. The van der Waals surface area contributed by atoms with Crippen molar-refractivity contribution in [1.82, 2.24) is 5.32 Å². The van der Waals surface area contributed by atoms with Crippen LogP contribution in [0.5, 0.6) is 11.5 Å². The number of rotatable bonds is 2. The van der Waals surface area contributed by atoms with E-state index in [-0.39, 0.29) is 11.8 Å². The van der Waals surface area contributed by atoms with Gasteiger partial charge in [0.2, 0.25) is 0 Å². The first-order valence-electron chi connectivity index (χ1n) is 7.56. The van der Waals surface area contributed by atoms with Gasteiger partial charge < -0.3 is 4.74 Å². The predicted octanol–water partition coefficient (Wildman–Crippen LogP) is 4.70. The van der Waals surface area contributed by atoms with E-state index in [1.807, 2.05) is 60.7 Å². The van der Waals surface area contributed by atoms with Gasteiger partial charge in [0.25, 0.3) is 11.8 Å². The van der Waals surface area contributed by atoms with Crippen LogP contribution in [0.4, 0.5) is 0 Å². The lowest BCUT2D eigenvalue weighted by Crippen LogP contribution is -2.19. The first kappa shape index (κ1) is 16.7. The third kappa shape index (κ3) is 4.25. The predicted molar refractivity (Wildman–Crippen MR) is 96.2 cm³/mol. The average molecular weight is 352 g/mol. The summed E-state index contributed by atoms with van der Waals surface area (Å²) in [5.41, 5.74) is 0.747. The van der Waals surface area contributed by atoms with E-state index in [1.54, 1.807) is 6.07 Å². The fourth-order valence-corrected chi connectivity index (χ4v) is 2.43. The number of nitrogens with one attached hydrogen (secondary N) is 1. The van der Waals surface area contributed by atoms with Gasteiger partial charge in [0.1, 0.15) is 11.5 Å². The summed E-state index contributed by atoms with van der Waals surface area (Å²) in [5, 5.41) is 2.63. The van der Waals surface area contributed by atoms with Crippen molar-refractivity contribution in [3.05, 3.63) is 95.0 Å². The van der Waals surface area contributed by atoms with E-state index < -0.39 is 0 Å². The smallest absolute Gasteiger partial charge is 0.258 e. The van der Waals surface area contributed by atoms with E-state index in [0.717, 1.165) is 11.5 Å². The number of carbonyl (C=O) groups is 2. The molecule has 25 heavy (non-hydrogen) atoms. The highest BCUT2D eigenvalue weighted by Gasteiger charge is 2.26. The topological polar surface area (TPSA) is 55.4 Å². The van der Waals surface area contributed by atoms with E-state index in [1.165, 1.54) is 12.1 Å². The molecular formula is C20H14ClNO3. The normalized spacial score (nSPS) is 11.9. The number of halogens is 1. The molecule has 1 heterocycles. The Labute approximate surface area is 150 Å². The molecule has 124 valence electrons. The molecule has 1 aliphatic rings. The number of hydrogen-bond donors (Lipinski definition) is 1. The lowest BCUT2D eigenvalue weighted by Gasteiger charge is -2.03. The molecule has 0 saturated heterocycles. The molecule has 0 saturated carbocycles. The zero-order chi connectivity index (χ0) is 17.6. The maximum atomic E-state index is 11.0. The van der Waals surface area contributed by atoms with Gasteiger partial charge in [-0.2, -0.15) is 0 Å². The average Bonchev–Trinajstić information content (AvgIpc) is 2.91. The van der Waals surface area contributed by atoms with Crippen molar-refractivity contribution in [3.63, 3.8) is 0 Å². The van der Waals surface area contributed by atoms with Gasteiger partial charge in [-0.05, 0) is 42.5 Å². The molecule has 0 spiro atoms. The Morgan fingerprint density at radius 1 is 0.680 bits per heavy atom. The fraction of sp³-hybridized carbons (Fsp3) is 0. The lowest BCUT2D eigenvalue weighted by molar-refractivity contribution is 0.0879. The summed E-state index contributed by atoms with van der Waals surface area (Å²) < 4.78 is 5.58. The van der Waals surface area contributed by atoms with Crippen molar-refractivity contribution in [2.75, 3.05) is 0 Å². The van der Waals surface area contributed by atoms with Crippen LogP contribution in [0, 0.1) is 0 Å². The van der Waals surface area contributed by atoms with Crippen LogP contribution in [-0.4, -0.2) is 11.8 Å². The van der Waals surface area contributed by atoms with E-state index in [4.69, 9.17) is 16.3 Å². The van der Waals surface area contributed by atoms with Crippen LogP contribution in [0.2, 0.25) is 5.02 Å². The van der Waals surface area contributed by atoms with Crippen LogP contribution in [0.3, 0.4) is 0 Å². The monoisotopic (exact) mass is 351 g/mol. The molecule has 0 atom stereocenters. The summed E-state index contributed by atoms with van der Waals surface area (Å²) in [6.07, 6.45) is 0. The second-order valence-electron chi connectivity index (χ2n) is 5.20. The number of imide groups is 1. The standard InChI is InChI=1S/C12H10O.C8H4ClNO2/c1-3-7-11(8-4-1)13-12-9-5-2-6-10-12;9-4-1-2-5-6(3-4)8(12)10-7(5)11/h1-10H;1-3H,(H,10,11,12). The van der Waals surface area contributed by atoms with E-state index in [2.05, 4.69) is 5.32 Å². The molecule has 1 aliphatic heterocycles. The second-order valence-corrected chi connectivity index (χ2v) is 5.64. The minimum Gasteiger partial charge on any atom is -0.457 e. The van der Waals surface area contributed by atoms with Crippen LogP contribution in [0.15, 0.2) is 78.9 Å². The first-order chi connectivity index (χ1) is 12.1. The highest BCUT2D eigenvalue weighted by molar-refractivity contribution is 6.32. The van der Waals surface area contributed by atoms with E-state index in [0.29, 0.717) is 16.1 Å². The lowest BCUT2D eigenvalue weighted by atomic mass is 10.1. The van der Waals surface area contributed by atoms with Crippen LogP contribution < -0.4 is 10.1 Å². The highest BCUT2D eigenvalue weighted by atomic mass is 35.5. The minimum absolute atomic E-state index is 0.354. The van der Waals surface area contributed by atoms with Gasteiger partial charge in [-0.15, -0.1) is 0 Å². The summed E-state index contributed by atoms with van der Waals surface area (Å²) in [6, 6.07) is 24.1. The van der Waals surface area contributed by atoms with Crippen molar-refractivity contribution < 1.29 is 14.3 Å². The maximum Gasteiger partial charge on any atom is 0.258 e. The quantitative estimate of drug-likeness (QED) is 0.681. The zero-order valence-corrected chi connectivity index (χ0v) is 13.9. The number of hydrogen-bond acceptors (Lipinski definition) is 3. The Bertz CT molecular complexity index is 858. The third-order valence-electron chi connectivity index (χ3n) is 3.42. The molecule has 0 radical (unpaired) electrons. The second kappa shape index (κ2) is 7.64. The highest BCUT2D eigenvalue weighted by Crippen LogP contribution is 2.20. The van der Waals surface area contributed by atoms with Crippen molar-refractivity contribution in [2.45, 2.75) is 0 Å². The number of para-hydroxylation sites is 2. The van der Waals surface area contributed by atoms with Gasteiger partial charge >= 0.3 is 0 Å². The molecule has 4 rings (SSSR count). The minimum atomic E-state index is -0.377. The van der Waals surface area contributed by atoms with Gasteiger partial charge in [-0.3, -0.25) is 14.9 Å². The Morgan fingerprint density at radius 2 is 1.20 bits per heavy atom. The summed E-state index contributed by atoms with van der Waals surface area (Å²) in [7, 11) is 0. The van der Waals surface area contributed by atoms with Gasteiger partial charge in [-0.1, -0.05) is 48.0 Å². The van der Waals surface area contributed by atoms with Gasteiger partial charge in [0.05, 0.1) is 11.1 Å². The molecule has 0 aliphatic carbocycles. The van der Waals surface area contributed by atoms with Crippen LogP contribution >= 0.6 is 11.6 Å². The SMILES string of the molecule is O=C1NC(=O)c2cc(Cl)ccc21.c1ccc(Oc2ccccc2)cc1. The molecule has 5 heteroatoms. The Hall–Kier alpha value is -3.11. The summed E-state index contributed by atoms with van der Waals surface area (Å²) in [4.78, 5) is 22.0. The summed E-state index contributed by atoms with van der Waals surface area (Å²) in [6.45, 7) is 0. The summed E-state index contributed by atoms with van der Waals surface area (Å²) >= 11 is 5.65. The Morgan fingerprint density at radius 3 is 1.76 bits per heavy atom. The molecule has 2 amide bonds. The number of amides is 2. The molecule has 3 aromatic rings. The van der Waals surface area contributed by atoms with Crippen molar-refractivity contribution in [2.24, 2.45) is 0 Å².